The molecule has 2 aliphatic rings. The van der Waals surface area contributed by atoms with Gasteiger partial charge in [0.1, 0.15) is 0 Å². The van der Waals surface area contributed by atoms with Crippen molar-refractivity contribution in [3.8, 4) is 11.1 Å². The molecule has 1 amide bonds. The molecule has 4 heteroatoms. The highest BCUT2D eigenvalue weighted by molar-refractivity contribution is 6.00. The molecule has 1 aromatic heterocycles. The van der Waals surface area contributed by atoms with Gasteiger partial charge in [-0.15, -0.1) is 0 Å². The zero-order valence-corrected chi connectivity index (χ0v) is 18.2. The van der Waals surface area contributed by atoms with Gasteiger partial charge >= 0.3 is 0 Å². The number of benzene rings is 3. The molecule has 6 rings (SSSR count). The van der Waals surface area contributed by atoms with Crippen LogP contribution in [0.2, 0.25) is 0 Å². The normalized spacial score (nSPS) is 18.3. The molecule has 1 aliphatic carbocycles. The fourth-order valence-electron chi connectivity index (χ4n) is 5.36. The number of amides is 1. The van der Waals surface area contributed by atoms with E-state index in [-0.39, 0.29) is 5.91 Å². The predicted molar refractivity (Wildman–Crippen MR) is 130 cm³/mol. The molecule has 32 heavy (non-hydrogen) atoms. The van der Waals surface area contributed by atoms with Crippen LogP contribution in [0.25, 0.3) is 22.0 Å². The second-order valence-electron chi connectivity index (χ2n) is 9.12. The van der Waals surface area contributed by atoms with Crippen LogP contribution in [0.5, 0.6) is 0 Å². The van der Waals surface area contributed by atoms with Crippen molar-refractivity contribution in [2.45, 2.75) is 44.7 Å². The summed E-state index contributed by atoms with van der Waals surface area (Å²) in [5.74, 6) is 0.0792. The Kier molecular flexibility index (Phi) is 4.62. The van der Waals surface area contributed by atoms with Crippen molar-refractivity contribution >= 4 is 22.5 Å². The first kappa shape index (κ1) is 19.3. The number of nitrogens with one attached hydrogen (secondary N) is 3. The van der Waals surface area contributed by atoms with E-state index in [0.29, 0.717) is 18.5 Å². The summed E-state index contributed by atoms with van der Waals surface area (Å²) in [6.45, 7) is 2.25. The van der Waals surface area contributed by atoms with Crippen LogP contribution in [0, 0.1) is 0 Å². The maximum Gasteiger partial charge on any atom is 0.228 e. The minimum absolute atomic E-state index is 0.0792. The van der Waals surface area contributed by atoms with E-state index in [0.717, 1.165) is 24.1 Å². The summed E-state index contributed by atoms with van der Waals surface area (Å²) in [4.78, 5) is 15.5. The molecule has 2 atom stereocenters. The SMILES string of the molecule is CC(NC1CCCc2c1[nH]c1ccc(-c3ccc4c(c3)CC(=O)N4)cc21)c1ccccc1. The number of anilines is 1. The first-order valence-corrected chi connectivity index (χ1v) is 11.5. The third-order valence-corrected chi connectivity index (χ3v) is 7.02. The third-order valence-electron chi connectivity index (χ3n) is 7.02. The van der Waals surface area contributed by atoms with Gasteiger partial charge in [-0.25, -0.2) is 0 Å². The van der Waals surface area contributed by atoms with E-state index in [1.54, 1.807) is 0 Å². The van der Waals surface area contributed by atoms with Crippen LogP contribution in [0.1, 0.15) is 54.2 Å². The number of aromatic nitrogens is 1. The molecule has 0 spiro atoms. The number of hydrogen-bond donors (Lipinski definition) is 3. The summed E-state index contributed by atoms with van der Waals surface area (Å²) in [5.41, 5.74) is 9.72. The maximum absolute atomic E-state index is 11.7. The lowest BCUT2D eigenvalue weighted by Crippen LogP contribution is -2.27. The average molecular weight is 422 g/mol. The average Bonchev–Trinajstić information content (AvgIpc) is 3.38. The van der Waals surface area contributed by atoms with Crippen LogP contribution in [0.4, 0.5) is 5.69 Å². The molecular weight excluding hydrogens is 394 g/mol. The second-order valence-corrected chi connectivity index (χ2v) is 9.12. The van der Waals surface area contributed by atoms with Crippen LogP contribution < -0.4 is 10.6 Å². The third kappa shape index (κ3) is 3.32. The standard InChI is InChI=1S/C28H27N3O/c1-17(18-6-3-2-4-7-18)29-26-9-5-8-22-23-15-20(11-13-25(23)31-28(22)26)19-10-12-24-21(14-19)16-27(32)30-24/h2-4,6-7,10-15,17,26,29,31H,5,8-9,16H2,1H3,(H,30,32). The van der Waals surface area contributed by atoms with Crippen molar-refractivity contribution in [1.82, 2.24) is 10.3 Å². The Morgan fingerprint density at radius 3 is 2.69 bits per heavy atom. The van der Waals surface area contributed by atoms with Crippen molar-refractivity contribution in [3.05, 3.63) is 89.1 Å². The number of aryl methyl sites for hydroxylation is 1. The zero-order valence-electron chi connectivity index (χ0n) is 18.2. The van der Waals surface area contributed by atoms with E-state index < -0.39 is 0 Å². The summed E-state index contributed by atoms with van der Waals surface area (Å²) in [6.07, 6.45) is 3.92. The minimum atomic E-state index is 0.0792. The Labute approximate surface area is 188 Å². The lowest BCUT2D eigenvalue weighted by Gasteiger charge is -2.27. The molecule has 0 radical (unpaired) electrons. The van der Waals surface area contributed by atoms with Crippen molar-refractivity contribution in [2.24, 2.45) is 0 Å². The van der Waals surface area contributed by atoms with E-state index in [1.807, 2.05) is 6.07 Å². The number of aromatic amines is 1. The highest BCUT2D eigenvalue weighted by atomic mass is 16.1. The zero-order chi connectivity index (χ0) is 21.7. The molecule has 3 aromatic carbocycles. The van der Waals surface area contributed by atoms with E-state index in [1.165, 1.54) is 45.3 Å². The highest BCUT2D eigenvalue weighted by Gasteiger charge is 2.26. The van der Waals surface area contributed by atoms with Crippen molar-refractivity contribution in [3.63, 3.8) is 0 Å². The Morgan fingerprint density at radius 2 is 1.81 bits per heavy atom. The van der Waals surface area contributed by atoms with Gasteiger partial charge in [-0.1, -0.05) is 42.5 Å². The molecule has 4 nitrogen and oxygen atoms in total. The first-order chi connectivity index (χ1) is 15.7. The van der Waals surface area contributed by atoms with Crippen molar-refractivity contribution in [1.29, 1.82) is 0 Å². The summed E-state index contributed by atoms with van der Waals surface area (Å²) in [7, 11) is 0. The number of carbonyl (C=O) groups excluding carboxylic acids is 1. The molecule has 4 aromatic rings. The van der Waals surface area contributed by atoms with Crippen molar-refractivity contribution in [2.75, 3.05) is 5.32 Å². The predicted octanol–water partition coefficient (Wildman–Crippen LogP) is 6.06. The van der Waals surface area contributed by atoms with Crippen LogP contribution >= 0.6 is 0 Å². The molecule has 1 aliphatic heterocycles. The highest BCUT2D eigenvalue weighted by Crippen LogP contribution is 2.38. The topological polar surface area (TPSA) is 56.9 Å². The maximum atomic E-state index is 11.7. The Bertz CT molecular complexity index is 1320. The van der Waals surface area contributed by atoms with Gasteiger partial charge in [-0.2, -0.15) is 0 Å². The van der Waals surface area contributed by atoms with Gasteiger partial charge in [0.2, 0.25) is 5.91 Å². The van der Waals surface area contributed by atoms with Gasteiger partial charge in [0, 0.05) is 34.4 Å². The minimum Gasteiger partial charge on any atom is -0.357 e. The van der Waals surface area contributed by atoms with Crippen LogP contribution in [-0.4, -0.2) is 10.9 Å². The smallest absolute Gasteiger partial charge is 0.228 e. The number of H-pyrrole nitrogens is 1. The van der Waals surface area contributed by atoms with E-state index in [4.69, 9.17) is 0 Å². The van der Waals surface area contributed by atoms with Gasteiger partial charge in [0.05, 0.1) is 6.42 Å². The lowest BCUT2D eigenvalue weighted by molar-refractivity contribution is -0.115. The second kappa shape index (κ2) is 7.64. The van der Waals surface area contributed by atoms with E-state index >= 15 is 0 Å². The van der Waals surface area contributed by atoms with Gasteiger partial charge in [-0.05, 0) is 78.3 Å². The molecule has 0 bridgehead atoms. The van der Waals surface area contributed by atoms with Crippen LogP contribution in [0.3, 0.4) is 0 Å². The summed E-state index contributed by atoms with van der Waals surface area (Å²) >= 11 is 0. The van der Waals surface area contributed by atoms with Crippen LogP contribution in [0.15, 0.2) is 66.7 Å². The van der Waals surface area contributed by atoms with Gasteiger partial charge in [-0.3, -0.25) is 4.79 Å². The van der Waals surface area contributed by atoms with Gasteiger partial charge < -0.3 is 15.6 Å². The molecular formula is C28H27N3O. The molecule has 2 unspecified atom stereocenters. The van der Waals surface area contributed by atoms with E-state index in [2.05, 4.69) is 83.2 Å². The number of rotatable bonds is 4. The molecule has 160 valence electrons. The Morgan fingerprint density at radius 1 is 1.00 bits per heavy atom. The quantitative estimate of drug-likeness (QED) is 0.375. The van der Waals surface area contributed by atoms with Gasteiger partial charge in [0.25, 0.3) is 0 Å². The molecule has 3 N–H and O–H groups in total. The van der Waals surface area contributed by atoms with Crippen LogP contribution in [-0.2, 0) is 17.6 Å². The fourth-order valence-corrected chi connectivity index (χ4v) is 5.36. The summed E-state index contributed by atoms with van der Waals surface area (Å²) < 4.78 is 0. The first-order valence-electron chi connectivity index (χ1n) is 11.5. The molecule has 0 saturated heterocycles. The Hall–Kier alpha value is -3.37. The number of hydrogen-bond acceptors (Lipinski definition) is 2. The lowest BCUT2D eigenvalue weighted by atomic mass is 9.90. The Balaban J connectivity index is 1.34. The van der Waals surface area contributed by atoms with Gasteiger partial charge in [0.15, 0.2) is 0 Å². The number of fused-ring (bicyclic) bond motifs is 4. The molecule has 0 saturated carbocycles. The number of carbonyl (C=O) groups is 1. The van der Waals surface area contributed by atoms with E-state index in [9.17, 15) is 4.79 Å². The summed E-state index contributed by atoms with van der Waals surface area (Å²) in [6, 6.07) is 24.3. The largest absolute Gasteiger partial charge is 0.357 e. The fraction of sp³-hybridized carbons (Fsp3) is 0.250. The summed E-state index contributed by atoms with van der Waals surface area (Å²) in [5, 5.41) is 8.11. The monoisotopic (exact) mass is 421 g/mol. The van der Waals surface area contributed by atoms with Crippen molar-refractivity contribution < 1.29 is 4.79 Å². The molecule has 2 heterocycles. The molecule has 0 fully saturated rings.